The molecule has 0 bridgehead atoms. The van der Waals surface area contributed by atoms with Crippen LogP contribution in [0, 0.1) is 5.82 Å². The number of halogens is 4. The first-order chi connectivity index (χ1) is 16.7. The maximum atomic E-state index is 13.9. The Hall–Kier alpha value is -3.85. The summed E-state index contributed by atoms with van der Waals surface area (Å²) in [6.07, 6.45) is -4.09. The lowest BCUT2D eigenvalue weighted by atomic mass is 9.97. The molecule has 1 heterocycles. The Morgan fingerprint density at radius 2 is 1.86 bits per heavy atom. The van der Waals surface area contributed by atoms with Gasteiger partial charge in [0.1, 0.15) is 35.6 Å². The van der Waals surface area contributed by atoms with Crippen LogP contribution in [0.3, 0.4) is 0 Å². The number of alkyl halides is 3. The van der Waals surface area contributed by atoms with Gasteiger partial charge in [0.25, 0.3) is 0 Å². The first-order valence-electron chi connectivity index (χ1n) is 10.6. The van der Waals surface area contributed by atoms with E-state index in [1.165, 1.54) is 25.3 Å². The SMILES string of the molecule is COC(=O)Cc1ccc(F)cc1OCc1cc(-c2cccc(CN)c2)c2occ(C(F)(F)F)c2c1. The van der Waals surface area contributed by atoms with Gasteiger partial charge in [-0.2, -0.15) is 13.2 Å². The molecule has 0 radical (unpaired) electrons. The molecule has 0 aliphatic rings. The number of hydrogen-bond donors (Lipinski definition) is 1. The fraction of sp³-hybridized carbons (Fsp3) is 0.192. The van der Waals surface area contributed by atoms with Crippen LogP contribution < -0.4 is 10.5 Å². The summed E-state index contributed by atoms with van der Waals surface area (Å²) in [5.74, 6) is -1.04. The number of fused-ring (bicyclic) bond motifs is 1. The molecule has 1 aromatic heterocycles. The van der Waals surface area contributed by atoms with Gasteiger partial charge in [0, 0.05) is 29.1 Å². The van der Waals surface area contributed by atoms with Crippen LogP contribution in [-0.2, 0) is 35.3 Å². The standard InChI is InChI=1S/C26H21F4NO4/c1-33-24(32)10-18-5-6-19(27)11-23(18)34-13-16-8-20(17-4-2-3-15(7-17)12-31)25-21(9-16)22(14-35-25)26(28,29)30/h2-9,11,14H,10,12-13,31H2,1H3. The normalized spacial score (nSPS) is 11.6. The minimum absolute atomic E-state index is 0.0763. The molecule has 0 saturated carbocycles. The van der Waals surface area contributed by atoms with Gasteiger partial charge in [-0.3, -0.25) is 4.79 Å². The molecule has 182 valence electrons. The number of rotatable bonds is 7. The molecule has 35 heavy (non-hydrogen) atoms. The van der Waals surface area contributed by atoms with Crippen LogP contribution in [0.2, 0.25) is 0 Å². The van der Waals surface area contributed by atoms with Crippen LogP contribution in [0.4, 0.5) is 17.6 Å². The molecule has 0 fully saturated rings. The van der Waals surface area contributed by atoms with Crippen molar-refractivity contribution < 1.29 is 36.2 Å². The third-order valence-corrected chi connectivity index (χ3v) is 5.50. The van der Waals surface area contributed by atoms with Gasteiger partial charge in [-0.25, -0.2) is 4.39 Å². The van der Waals surface area contributed by atoms with Crippen molar-refractivity contribution in [3.8, 4) is 16.9 Å². The molecule has 0 unspecified atom stereocenters. The number of furan rings is 1. The summed E-state index contributed by atoms with van der Waals surface area (Å²) in [5.41, 5.74) is 7.52. The number of benzene rings is 3. The van der Waals surface area contributed by atoms with Gasteiger partial charge in [0.05, 0.1) is 13.5 Å². The van der Waals surface area contributed by atoms with E-state index in [0.717, 1.165) is 11.6 Å². The van der Waals surface area contributed by atoms with E-state index in [4.69, 9.17) is 14.9 Å². The summed E-state index contributed by atoms with van der Waals surface area (Å²) >= 11 is 0. The van der Waals surface area contributed by atoms with E-state index in [1.807, 2.05) is 6.07 Å². The van der Waals surface area contributed by atoms with E-state index in [0.29, 0.717) is 28.5 Å². The fourth-order valence-electron chi connectivity index (χ4n) is 3.78. The highest BCUT2D eigenvalue weighted by atomic mass is 19.4. The van der Waals surface area contributed by atoms with Crippen LogP contribution in [0.25, 0.3) is 22.1 Å². The van der Waals surface area contributed by atoms with Gasteiger partial charge in [0.2, 0.25) is 0 Å². The molecule has 0 spiro atoms. The van der Waals surface area contributed by atoms with Gasteiger partial charge in [0.15, 0.2) is 0 Å². The predicted octanol–water partition coefficient (Wildman–Crippen LogP) is 6.01. The van der Waals surface area contributed by atoms with Crippen molar-refractivity contribution in [2.24, 2.45) is 5.73 Å². The molecule has 0 aliphatic carbocycles. The monoisotopic (exact) mass is 487 g/mol. The molecule has 4 rings (SSSR count). The number of nitrogens with two attached hydrogens (primary N) is 1. The maximum Gasteiger partial charge on any atom is 0.420 e. The Bertz CT molecular complexity index is 1380. The second-order valence-corrected chi connectivity index (χ2v) is 7.87. The lowest BCUT2D eigenvalue weighted by molar-refractivity contribution is -0.140. The van der Waals surface area contributed by atoms with Gasteiger partial charge in [-0.1, -0.05) is 24.3 Å². The largest absolute Gasteiger partial charge is 0.488 e. The summed E-state index contributed by atoms with van der Waals surface area (Å²) < 4.78 is 70.6. The lowest BCUT2D eigenvalue weighted by Gasteiger charge is -2.13. The molecule has 0 aliphatic heterocycles. The highest BCUT2D eigenvalue weighted by Gasteiger charge is 2.35. The Balaban J connectivity index is 1.77. The van der Waals surface area contributed by atoms with Gasteiger partial charge < -0.3 is 19.6 Å². The maximum absolute atomic E-state index is 13.9. The first-order valence-corrected chi connectivity index (χ1v) is 10.6. The Morgan fingerprint density at radius 1 is 1.06 bits per heavy atom. The highest BCUT2D eigenvalue weighted by molar-refractivity contribution is 5.95. The molecule has 3 aromatic carbocycles. The second-order valence-electron chi connectivity index (χ2n) is 7.87. The molecular formula is C26H21F4NO4. The van der Waals surface area contributed by atoms with Gasteiger partial charge in [-0.15, -0.1) is 0 Å². The number of carbonyl (C=O) groups excluding carboxylic acids is 1. The topological polar surface area (TPSA) is 74.7 Å². The quantitative estimate of drug-likeness (QED) is 0.255. The Labute approximate surface area is 198 Å². The first kappa shape index (κ1) is 24.3. The summed E-state index contributed by atoms with van der Waals surface area (Å²) in [5, 5.41) is -0.124. The molecule has 5 nitrogen and oxygen atoms in total. The molecule has 2 N–H and O–H groups in total. The zero-order valence-corrected chi connectivity index (χ0v) is 18.6. The van der Waals surface area contributed by atoms with Crippen molar-refractivity contribution in [2.75, 3.05) is 7.11 Å². The molecule has 0 saturated heterocycles. The number of hydrogen-bond acceptors (Lipinski definition) is 5. The zero-order chi connectivity index (χ0) is 25.2. The van der Waals surface area contributed by atoms with E-state index in [2.05, 4.69) is 4.74 Å². The third-order valence-electron chi connectivity index (χ3n) is 5.50. The Kier molecular flexibility index (Phi) is 6.79. The fourth-order valence-corrected chi connectivity index (χ4v) is 3.78. The van der Waals surface area contributed by atoms with E-state index in [-0.39, 0.29) is 36.3 Å². The van der Waals surface area contributed by atoms with Crippen LogP contribution >= 0.6 is 0 Å². The van der Waals surface area contributed by atoms with Crippen molar-refractivity contribution in [3.05, 3.63) is 88.9 Å². The van der Waals surface area contributed by atoms with Crippen LogP contribution in [-0.4, -0.2) is 13.1 Å². The summed E-state index contributed by atoms with van der Waals surface area (Å²) in [6.45, 7) is 0.0773. The summed E-state index contributed by atoms with van der Waals surface area (Å²) in [4.78, 5) is 11.7. The van der Waals surface area contributed by atoms with Crippen LogP contribution in [0.15, 0.2) is 65.3 Å². The number of methoxy groups -OCH3 is 1. The van der Waals surface area contributed by atoms with Gasteiger partial charge in [-0.05, 0) is 41.0 Å². The minimum atomic E-state index is -4.63. The zero-order valence-electron chi connectivity index (χ0n) is 18.6. The van der Waals surface area contributed by atoms with E-state index < -0.39 is 23.5 Å². The highest BCUT2D eigenvalue weighted by Crippen LogP contribution is 2.40. The van der Waals surface area contributed by atoms with E-state index >= 15 is 0 Å². The van der Waals surface area contributed by atoms with Crippen molar-refractivity contribution in [3.63, 3.8) is 0 Å². The second kappa shape index (κ2) is 9.79. The van der Waals surface area contributed by atoms with Crippen LogP contribution in [0.5, 0.6) is 5.75 Å². The molecule has 0 atom stereocenters. The van der Waals surface area contributed by atoms with Crippen molar-refractivity contribution in [1.29, 1.82) is 0 Å². The smallest absolute Gasteiger partial charge is 0.420 e. The van der Waals surface area contributed by atoms with Crippen molar-refractivity contribution in [2.45, 2.75) is 25.7 Å². The van der Waals surface area contributed by atoms with E-state index in [1.54, 1.807) is 24.3 Å². The summed E-state index contributed by atoms with van der Waals surface area (Å²) in [6, 6.07) is 13.8. The number of ether oxygens (including phenoxy) is 2. The number of esters is 1. The average Bonchev–Trinajstić information content (AvgIpc) is 3.28. The minimum Gasteiger partial charge on any atom is -0.488 e. The molecule has 9 heteroatoms. The van der Waals surface area contributed by atoms with E-state index in [9.17, 15) is 22.4 Å². The summed E-state index contributed by atoms with van der Waals surface area (Å²) in [7, 11) is 1.23. The van der Waals surface area contributed by atoms with Gasteiger partial charge >= 0.3 is 12.1 Å². The molecule has 4 aromatic rings. The predicted molar refractivity (Wildman–Crippen MR) is 121 cm³/mol. The lowest BCUT2D eigenvalue weighted by Crippen LogP contribution is -2.07. The Morgan fingerprint density at radius 3 is 2.57 bits per heavy atom. The number of carbonyl (C=O) groups is 1. The van der Waals surface area contributed by atoms with Crippen molar-refractivity contribution >= 4 is 16.9 Å². The average molecular weight is 487 g/mol. The molecule has 0 amide bonds. The third kappa shape index (κ3) is 5.30. The molecular weight excluding hydrogens is 466 g/mol. The van der Waals surface area contributed by atoms with Crippen LogP contribution in [0.1, 0.15) is 22.3 Å². The van der Waals surface area contributed by atoms with Crippen molar-refractivity contribution in [1.82, 2.24) is 0 Å².